The van der Waals surface area contributed by atoms with Crippen molar-refractivity contribution in [2.75, 3.05) is 12.8 Å². The van der Waals surface area contributed by atoms with Crippen molar-refractivity contribution < 1.29 is 4.74 Å². The van der Waals surface area contributed by atoms with Crippen molar-refractivity contribution in [2.24, 2.45) is 5.18 Å². The van der Waals surface area contributed by atoms with Crippen LogP contribution in [0.4, 0.5) is 11.5 Å². The third kappa shape index (κ3) is 2.17. The number of aromatic amines is 1. The molecule has 0 saturated carbocycles. The Morgan fingerprint density at radius 1 is 1.42 bits per heavy atom. The molecule has 2 rings (SSSR count). The number of hydrogen-bond donors (Lipinski definition) is 2. The highest BCUT2D eigenvalue weighted by atomic mass is 16.5. The Balaban J connectivity index is 2.70. The van der Waals surface area contributed by atoms with Gasteiger partial charge in [0.25, 0.3) is 5.56 Å². The molecule has 1 heterocycles. The van der Waals surface area contributed by atoms with Crippen LogP contribution in [0.3, 0.4) is 0 Å². The summed E-state index contributed by atoms with van der Waals surface area (Å²) in [6.45, 7) is 1.87. The SMILES string of the molecule is COc1c(C)cccc1-c1nc(N)c(N=O)c(=O)[nH]1. The summed E-state index contributed by atoms with van der Waals surface area (Å²) in [7, 11) is 1.52. The van der Waals surface area contributed by atoms with Gasteiger partial charge in [0, 0.05) is 0 Å². The molecule has 0 bridgehead atoms. The van der Waals surface area contributed by atoms with Crippen molar-refractivity contribution in [1.29, 1.82) is 0 Å². The number of aromatic nitrogens is 2. The minimum absolute atomic E-state index is 0.211. The summed E-state index contributed by atoms with van der Waals surface area (Å²) in [5.41, 5.74) is 5.91. The average molecular weight is 260 g/mol. The molecular weight excluding hydrogens is 248 g/mol. The number of hydrogen-bond acceptors (Lipinski definition) is 6. The van der Waals surface area contributed by atoms with Gasteiger partial charge in [0.2, 0.25) is 5.69 Å². The molecule has 1 aromatic carbocycles. The number of benzene rings is 1. The summed E-state index contributed by atoms with van der Waals surface area (Å²) >= 11 is 0. The lowest BCUT2D eigenvalue weighted by molar-refractivity contribution is 0.413. The number of ether oxygens (including phenoxy) is 1. The first-order valence-electron chi connectivity index (χ1n) is 5.45. The number of H-pyrrole nitrogens is 1. The summed E-state index contributed by atoms with van der Waals surface area (Å²) in [5, 5.41) is 2.55. The van der Waals surface area contributed by atoms with Crippen LogP contribution in [0, 0.1) is 11.8 Å². The minimum Gasteiger partial charge on any atom is -0.496 e. The number of rotatable bonds is 3. The van der Waals surface area contributed by atoms with Crippen LogP contribution < -0.4 is 16.0 Å². The second-order valence-corrected chi connectivity index (χ2v) is 3.90. The lowest BCUT2D eigenvalue weighted by atomic mass is 10.1. The Hall–Kier alpha value is -2.70. The Labute approximate surface area is 108 Å². The number of para-hydroxylation sites is 1. The Morgan fingerprint density at radius 3 is 2.74 bits per heavy atom. The van der Waals surface area contributed by atoms with Gasteiger partial charge < -0.3 is 15.5 Å². The summed E-state index contributed by atoms with van der Waals surface area (Å²) in [6.07, 6.45) is 0. The fourth-order valence-corrected chi connectivity index (χ4v) is 1.81. The van der Waals surface area contributed by atoms with Gasteiger partial charge >= 0.3 is 0 Å². The van der Waals surface area contributed by atoms with E-state index in [9.17, 15) is 9.70 Å². The normalized spacial score (nSPS) is 10.2. The van der Waals surface area contributed by atoms with Crippen LogP contribution in [0.1, 0.15) is 5.56 Å². The fraction of sp³-hybridized carbons (Fsp3) is 0.167. The lowest BCUT2D eigenvalue weighted by Gasteiger charge is -2.10. The number of nitrogen functional groups attached to an aromatic ring is 1. The molecule has 19 heavy (non-hydrogen) atoms. The number of nitroso groups, excluding NO2 is 1. The molecule has 7 heteroatoms. The first kappa shape index (κ1) is 12.7. The van der Waals surface area contributed by atoms with Gasteiger partial charge in [-0.15, -0.1) is 4.91 Å². The minimum atomic E-state index is -0.680. The number of nitrogens with two attached hydrogens (primary N) is 1. The van der Waals surface area contributed by atoms with E-state index in [2.05, 4.69) is 15.1 Å². The Bertz CT molecular complexity index is 694. The largest absolute Gasteiger partial charge is 0.496 e. The van der Waals surface area contributed by atoms with E-state index >= 15 is 0 Å². The molecule has 98 valence electrons. The van der Waals surface area contributed by atoms with Gasteiger partial charge in [-0.2, -0.15) is 0 Å². The first-order chi connectivity index (χ1) is 9.08. The molecule has 2 aromatic rings. The van der Waals surface area contributed by atoms with E-state index in [1.54, 1.807) is 12.1 Å². The van der Waals surface area contributed by atoms with Gasteiger partial charge in [-0.3, -0.25) is 4.79 Å². The maximum absolute atomic E-state index is 11.6. The predicted octanol–water partition coefficient (Wildman–Crippen LogP) is 1.73. The average Bonchev–Trinajstić information content (AvgIpc) is 2.38. The van der Waals surface area contributed by atoms with E-state index in [1.807, 2.05) is 13.0 Å². The van der Waals surface area contributed by atoms with Crippen molar-refractivity contribution in [3.05, 3.63) is 39.0 Å². The van der Waals surface area contributed by atoms with E-state index in [-0.39, 0.29) is 11.6 Å². The Kier molecular flexibility index (Phi) is 3.28. The summed E-state index contributed by atoms with van der Waals surface area (Å²) in [5.74, 6) is 0.602. The van der Waals surface area contributed by atoms with Gasteiger partial charge in [-0.05, 0) is 23.7 Å². The van der Waals surface area contributed by atoms with Crippen LogP contribution in [0.15, 0.2) is 28.2 Å². The molecule has 3 N–H and O–H groups in total. The van der Waals surface area contributed by atoms with Crippen LogP contribution in [-0.2, 0) is 0 Å². The standard InChI is InChI=1S/C12H12N4O3/c1-6-4-3-5-7(9(6)19-2)11-14-10(13)8(16-18)12(17)15-11/h3-5H,1-2H3,(H3,13,14,15,17). The molecule has 0 aliphatic heterocycles. The molecule has 7 nitrogen and oxygen atoms in total. The van der Waals surface area contributed by atoms with Crippen molar-refractivity contribution in [1.82, 2.24) is 9.97 Å². The maximum Gasteiger partial charge on any atom is 0.282 e. The molecule has 0 unspecified atom stereocenters. The predicted molar refractivity (Wildman–Crippen MR) is 71.5 cm³/mol. The van der Waals surface area contributed by atoms with Crippen molar-refractivity contribution in [2.45, 2.75) is 6.92 Å². The lowest BCUT2D eigenvalue weighted by Crippen LogP contribution is -2.12. The van der Waals surface area contributed by atoms with Crippen LogP contribution in [0.2, 0.25) is 0 Å². The smallest absolute Gasteiger partial charge is 0.282 e. The number of nitrogens with zero attached hydrogens (tertiary/aromatic N) is 2. The maximum atomic E-state index is 11.6. The quantitative estimate of drug-likeness (QED) is 0.816. The number of anilines is 1. The topological polar surface area (TPSA) is 110 Å². The number of methoxy groups -OCH3 is 1. The van der Waals surface area contributed by atoms with Gasteiger partial charge in [-0.25, -0.2) is 4.98 Å². The van der Waals surface area contributed by atoms with E-state index in [4.69, 9.17) is 10.5 Å². The van der Waals surface area contributed by atoms with Crippen molar-refractivity contribution in [3.63, 3.8) is 0 Å². The van der Waals surface area contributed by atoms with Crippen LogP contribution >= 0.6 is 0 Å². The molecule has 0 radical (unpaired) electrons. The second kappa shape index (κ2) is 4.89. The fourth-order valence-electron chi connectivity index (χ4n) is 1.81. The van der Waals surface area contributed by atoms with Gasteiger partial charge in [0.15, 0.2) is 5.82 Å². The molecule has 1 aromatic heterocycles. The number of aryl methyl sites for hydroxylation is 1. The van der Waals surface area contributed by atoms with Crippen molar-refractivity contribution >= 4 is 11.5 Å². The first-order valence-corrected chi connectivity index (χ1v) is 5.45. The van der Waals surface area contributed by atoms with Crippen LogP contribution in [0.5, 0.6) is 5.75 Å². The summed E-state index contributed by atoms with van der Waals surface area (Å²) < 4.78 is 5.28. The molecule has 0 saturated heterocycles. The third-order valence-electron chi connectivity index (χ3n) is 2.68. The van der Waals surface area contributed by atoms with E-state index in [1.165, 1.54) is 7.11 Å². The third-order valence-corrected chi connectivity index (χ3v) is 2.68. The van der Waals surface area contributed by atoms with E-state index < -0.39 is 11.2 Å². The Morgan fingerprint density at radius 2 is 2.16 bits per heavy atom. The van der Waals surface area contributed by atoms with E-state index in [0.29, 0.717) is 11.3 Å². The highest BCUT2D eigenvalue weighted by molar-refractivity contribution is 5.69. The van der Waals surface area contributed by atoms with Gasteiger partial charge in [0.1, 0.15) is 11.6 Å². The highest BCUT2D eigenvalue weighted by Crippen LogP contribution is 2.31. The van der Waals surface area contributed by atoms with Crippen LogP contribution in [0.25, 0.3) is 11.4 Å². The molecule has 0 fully saturated rings. The van der Waals surface area contributed by atoms with Crippen LogP contribution in [-0.4, -0.2) is 17.1 Å². The second-order valence-electron chi connectivity index (χ2n) is 3.90. The summed E-state index contributed by atoms with van der Waals surface area (Å²) in [4.78, 5) is 28.5. The molecule has 0 aliphatic carbocycles. The van der Waals surface area contributed by atoms with Gasteiger partial charge in [-0.1, -0.05) is 12.1 Å². The zero-order valence-electron chi connectivity index (χ0n) is 10.4. The molecular formula is C12H12N4O3. The molecule has 0 aliphatic rings. The highest BCUT2D eigenvalue weighted by Gasteiger charge is 2.14. The molecule has 0 amide bonds. The summed E-state index contributed by atoms with van der Waals surface area (Å²) in [6, 6.07) is 5.40. The zero-order valence-corrected chi connectivity index (χ0v) is 10.4. The van der Waals surface area contributed by atoms with E-state index in [0.717, 1.165) is 5.56 Å². The zero-order chi connectivity index (χ0) is 14.0. The number of nitrogens with one attached hydrogen (secondary N) is 1. The molecule has 0 atom stereocenters. The van der Waals surface area contributed by atoms with Gasteiger partial charge in [0.05, 0.1) is 12.7 Å². The molecule has 0 spiro atoms. The van der Waals surface area contributed by atoms with Crippen molar-refractivity contribution in [3.8, 4) is 17.1 Å². The monoisotopic (exact) mass is 260 g/mol.